The highest BCUT2D eigenvalue weighted by Gasteiger charge is 2.35. The van der Waals surface area contributed by atoms with E-state index in [0.29, 0.717) is 17.8 Å². The Hall–Kier alpha value is -1.70. The Bertz CT molecular complexity index is 482. The molecule has 2 heterocycles. The van der Waals surface area contributed by atoms with Gasteiger partial charge in [0.1, 0.15) is 5.82 Å². The Labute approximate surface area is 120 Å². The molecule has 0 aromatic carbocycles. The second kappa shape index (κ2) is 6.38. The van der Waals surface area contributed by atoms with Crippen molar-refractivity contribution in [2.24, 2.45) is 0 Å². The number of aryl methyl sites for hydroxylation is 1. The lowest BCUT2D eigenvalue weighted by molar-refractivity contribution is -0.345. The molecule has 0 unspecified atom stereocenters. The van der Waals surface area contributed by atoms with Gasteiger partial charge in [0.05, 0.1) is 11.7 Å². The van der Waals surface area contributed by atoms with E-state index in [4.69, 9.17) is 0 Å². The highest BCUT2D eigenvalue weighted by Crippen LogP contribution is 2.24. The normalized spacial score (nSPS) is 17.0. The number of hydrogen-bond donors (Lipinski definition) is 0. The van der Waals surface area contributed by atoms with Crippen molar-refractivity contribution in [2.75, 3.05) is 13.1 Å². The molecule has 0 aliphatic carbocycles. The highest BCUT2D eigenvalue weighted by molar-refractivity contribution is 5.93. The summed E-state index contributed by atoms with van der Waals surface area (Å²) in [5.41, 5.74) is 0.349. The molecule has 1 aliphatic rings. The van der Waals surface area contributed by atoms with Gasteiger partial charge in [-0.1, -0.05) is 6.92 Å². The first-order chi connectivity index (χ1) is 9.89. The third kappa shape index (κ3) is 4.38. The minimum atomic E-state index is -4.62. The van der Waals surface area contributed by atoms with Gasteiger partial charge in [-0.25, -0.2) is 9.97 Å². The van der Waals surface area contributed by atoms with Crippen LogP contribution in [-0.4, -0.2) is 46.3 Å². The predicted octanol–water partition coefficient (Wildman–Crippen LogP) is 2.18. The quantitative estimate of drug-likeness (QED) is 0.859. The number of likely N-dealkylation sites (tertiary alicyclic amines) is 1. The van der Waals surface area contributed by atoms with E-state index in [2.05, 4.69) is 14.7 Å². The molecule has 1 saturated heterocycles. The number of rotatable bonds is 3. The standard InChI is InChI=1S/C13H16F3N3O2/c1-2-11-17-7-9(8-18-11)12(20)19-5-3-10(4-6-19)21-13(14,15)16/h7-8,10H,2-6H2,1H3. The van der Waals surface area contributed by atoms with Gasteiger partial charge in [0.2, 0.25) is 0 Å². The van der Waals surface area contributed by atoms with Crippen molar-refractivity contribution < 1.29 is 22.7 Å². The van der Waals surface area contributed by atoms with E-state index < -0.39 is 12.5 Å². The minimum absolute atomic E-state index is 0.166. The van der Waals surface area contributed by atoms with E-state index in [1.807, 2.05) is 6.92 Å². The highest BCUT2D eigenvalue weighted by atomic mass is 19.4. The first kappa shape index (κ1) is 15.7. The fourth-order valence-corrected chi connectivity index (χ4v) is 2.20. The number of alkyl halides is 3. The summed E-state index contributed by atoms with van der Waals surface area (Å²) >= 11 is 0. The number of nitrogens with zero attached hydrogens (tertiary/aromatic N) is 3. The molecule has 0 bridgehead atoms. The largest absolute Gasteiger partial charge is 0.522 e. The van der Waals surface area contributed by atoms with Crippen molar-refractivity contribution in [1.82, 2.24) is 14.9 Å². The molecular weight excluding hydrogens is 287 g/mol. The predicted molar refractivity (Wildman–Crippen MR) is 67.5 cm³/mol. The molecule has 5 nitrogen and oxygen atoms in total. The molecule has 0 N–H and O–H groups in total. The molecule has 1 fully saturated rings. The van der Waals surface area contributed by atoms with Crippen molar-refractivity contribution in [1.29, 1.82) is 0 Å². The molecule has 116 valence electrons. The number of carbonyl (C=O) groups is 1. The van der Waals surface area contributed by atoms with E-state index in [1.165, 1.54) is 17.3 Å². The van der Waals surface area contributed by atoms with Crippen molar-refractivity contribution >= 4 is 5.91 Å². The van der Waals surface area contributed by atoms with Crippen LogP contribution in [-0.2, 0) is 11.2 Å². The fraction of sp³-hybridized carbons (Fsp3) is 0.615. The van der Waals surface area contributed by atoms with E-state index in [0.717, 1.165) is 0 Å². The van der Waals surface area contributed by atoms with E-state index in [1.54, 1.807) is 0 Å². The zero-order chi connectivity index (χ0) is 15.5. The third-order valence-corrected chi connectivity index (χ3v) is 3.30. The van der Waals surface area contributed by atoms with Crippen LogP contribution in [0.1, 0.15) is 35.9 Å². The molecule has 0 saturated carbocycles. The maximum absolute atomic E-state index is 12.2. The average Bonchev–Trinajstić information content (AvgIpc) is 2.46. The topological polar surface area (TPSA) is 55.3 Å². The van der Waals surface area contributed by atoms with Crippen molar-refractivity contribution in [3.05, 3.63) is 23.8 Å². The Morgan fingerprint density at radius 3 is 2.38 bits per heavy atom. The number of ether oxygens (including phenoxy) is 1. The summed E-state index contributed by atoms with van der Waals surface area (Å²) in [6.45, 7) is 2.37. The van der Waals surface area contributed by atoms with Crippen LogP contribution < -0.4 is 0 Å². The summed E-state index contributed by atoms with van der Waals surface area (Å²) in [5.74, 6) is 0.381. The van der Waals surface area contributed by atoms with Gasteiger partial charge < -0.3 is 4.90 Å². The maximum Gasteiger partial charge on any atom is 0.522 e. The summed E-state index contributed by atoms with van der Waals surface area (Å²) in [6, 6.07) is 0. The number of halogens is 3. The van der Waals surface area contributed by atoms with Gasteiger partial charge in [-0.2, -0.15) is 0 Å². The molecule has 2 rings (SSSR count). The lowest BCUT2D eigenvalue weighted by atomic mass is 10.1. The molecule has 0 radical (unpaired) electrons. The maximum atomic E-state index is 12.2. The number of amides is 1. The first-order valence-electron chi connectivity index (χ1n) is 6.74. The lowest BCUT2D eigenvalue weighted by Crippen LogP contribution is -2.42. The first-order valence-corrected chi connectivity index (χ1v) is 6.74. The SMILES string of the molecule is CCc1ncc(C(=O)N2CCC(OC(F)(F)F)CC2)cn1. The van der Waals surface area contributed by atoms with Gasteiger partial charge in [0.25, 0.3) is 5.91 Å². The number of carbonyl (C=O) groups excluding carboxylic acids is 1. The van der Waals surface area contributed by atoms with Crippen LogP contribution in [0.2, 0.25) is 0 Å². The fourth-order valence-electron chi connectivity index (χ4n) is 2.20. The molecule has 1 amide bonds. The molecule has 21 heavy (non-hydrogen) atoms. The van der Waals surface area contributed by atoms with Crippen molar-refractivity contribution in [3.8, 4) is 0 Å². The zero-order valence-electron chi connectivity index (χ0n) is 11.6. The Morgan fingerprint density at radius 1 is 1.33 bits per heavy atom. The van der Waals surface area contributed by atoms with Crippen LogP contribution in [0.3, 0.4) is 0 Å². The summed E-state index contributed by atoms with van der Waals surface area (Å²) < 4.78 is 40.3. The van der Waals surface area contributed by atoms with Gasteiger partial charge in [0.15, 0.2) is 0 Å². The van der Waals surface area contributed by atoms with Crippen molar-refractivity contribution in [3.63, 3.8) is 0 Å². The monoisotopic (exact) mass is 303 g/mol. The summed E-state index contributed by atoms with van der Waals surface area (Å²) in [7, 11) is 0. The summed E-state index contributed by atoms with van der Waals surface area (Å²) in [4.78, 5) is 21.8. The van der Waals surface area contributed by atoms with Crippen LogP contribution in [0, 0.1) is 0 Å². The number of hydrogen-bond acceptors (Lipinski definition) is 4. The summed E-state index contributed by atoms with van der Waals surface area (Å²) in [5, 5.41) is 0. The number of aromatic nitrogens is 2. The molecule has 0 spiro atoms. The minimum Gasteiger partial charge on any atom is -0.338 e. The number of piperidine rings is 1. The second-order valence-electron chi connectivity index (χ2n) is 4.80. The van der Waals surface area contributed by atoms with Crippen LogP contribution in [0.4, 0.5) is 13.2 Å². The van der Waals surface area contributed by atoms with Gasteiger partial charge in [-0.05, 0) is 12.8 Å². The Balaban J connectivity index is 1.90. The molecule has 8 heteroatoms. The third-order valence-electron chi connectivity index (χ3n) is 3.30. The Kier molecular flexibility index (Phi) is 4.76. The van der Waals surface area contributed by atoms with Gasteiger partial charge in [-0.15, -0.1) is 13.2 Å². The molecule has 1 aliphatic heterocycles. The molecule has 0 atom stereocenters. The lowest BCUT2D eigenvalue weighted by Gasteiger charge is -2.32. The van der Waals surface area contributed by atoms with Crippen molar-refractivity contribution in [2.45, 2.75) is 38.7 Å². The smallest absolute Gasteiger partial charge is 0.338 e. The van der Waals surface area contributed by atoms with Gasteiger partial charge in [0, 0.05) is 31.9 Å². The van der Waals surface area contributed by atoms with Gasteiger partial charge in [-0.3, -0.25) is 9.53 Å². The van der Waals surface area contributed by atoms with Crippen LogP contribution in [0.15, 0.2) is 12.4 Å². The van der Waals surface area contributed by atoms with Gasteiger partial charge >= 0.3 is 6.36 Å². The van der Waals surface area contributed by atoms with E-state index >= 15 is 0 Å². The average molecular weight is 303 g/mol. The van der Waals surface area contributed by atoms with Crippen LogP contribution in [0.25, 0.3) is 0 Å². The van der Waals surface area contributed by atoms with E-state index in [9.17, 15) is 18.0 Å². The van der Waals surface area contributed by atoms with Crippen LogP contribution in [0.5, 0.6) is 0 Å². The molecule has 1 aromatic heterocycles. The Morgan fingerprint density at radius 2 is 1.90 bits per heavy atom. The van der Waals surface area contributed by atoms with Crippen LogP contribution >= 0.6 is 0 Å². The molecule has 1 aromatic rings. The summed E-state index contributed by atoms with van der Waals surface area (Å²) in [6.07, 6.45) is -1.60. The zero-order valence-corrected chi connectivity index (χ0v) is 11.6. The second-order valence-corrected chi connectivity index (χ2v) is 4.80. The molecular formula is C13H16F3N3O2. The van der Waals surface area contributed by atoms with E-state index in [-0.39, 0.29) is 31.8 Å².